The number of carbonyl (C=O) groups excluding carboxylic acids is 2. The number of hydrogen-bond acceptors (Lipinski definition) is 2. The first-order valence-electron chi connectivity index (χ1n) is 19.5. The number of nitrogens with zero attached hydrogens (tertiary/aromatic N) is 4. The lowest BCUT2D eigenvalue weighted by Crippen LogP contribution is -2.47. The van der Waals surface area contributed by atoms with Crippen molar-refractivity contribution in [3.05, 3.63) is 98.1 Å². The zero-order chi connectivity index (χ0) is 35.4. The summed E-state index contributed by atoms with van der Waals surface area (Å²) >= 11 is 0. The van der Waals surface area contributed by atoms with Gasteiger partial charge in [-0.15, -0.1) is 0 Å². The first-order chi connectivity index (χ1) is 24.9. The second-order valence-corrected chi connectivity index (χ2v) is 15.0. The fourth-order valence-corrected chi connectivity index (χ4v) is 7.98. The van der Waals surface area contributed by atoms with Crippen molar-refractivity contribution in [1.29, 1.82) is 0 Å². The maximum Gasteiger partial charge on any atom is 0.286 e. The number of carbonyl (C=O) groups is 2. The molecular weight excluding hydrogens is 633 g/mol. The first-order valence-corrected chi connectivity index (χ1v) is 19.5. The quantitative estimate of drug-likeness (QED) is 0.173. The fraction of sp³-hybridized carbons (Fsp3) is 0.488. The third-order valence-corrected chi connectivity index (χ3v) is 11.2. The van der Waals surface area contributed by atoms with Gasteiger partial charge in [-0.2, -0.15) is 9.13 Å². The van der Waals surface area contributed by atoms with E-state index in [1.807, 2.05) is 33.9 Å². The van der Waals surface area contributed by atoms with Gasteiger partial charge in [-0.1, -0.05) is 38.5 Å². The van der Waals surface area contributed by atoms with E-state index in [2.05, 4.69) is 107 Å². The van der Waals surface area contributed by atoms with Gasteiger partial charge in [-0.3, -0.25) is 9.59 Å². The summed E-state index contributed by atoms with van der Waals surface area (Å²) in [4.78, 5) is 25.3. The number of aryl methyl sites for hydroxylation is 2. The molecule has 4 heterocycles. The third-order valence-electron chi connectivity index (χ3n) is 11.2. The summed E-state index contributed by atoms with van der Waals surface area (Å²) in [7, 11) is 0. The van der Waals surface area contributed by atoms with Crippen LogP contribution in [0.15, 0.2) is 98.1 Å². The molecule has 4 aromatic rings. The van der Waals surface area contributed by atoms with Crippen molar-refractivity contribution in [2.45, 2.75) is 123 Å². The molecule has 2 saturated carbocycles. The van der Waals surface area contributed by atoms with Crippen molar-refractivity contribution in [2.75, 3.05) is 0 Å². The molecule has 8 nitrogen and oxygen atoms in total. The van der Waals surface area contributed by atoms with Crippen LogP contribution in [0.25, 0.3) is 22.3 Å². The van der Waals surface area contributed by atoms with Crippen molar-refractivity contribution >= 4 is 11.8 Å². The fourth-order valence-electron chi connectivity index (χ4n) is 7.98. The van der Waals surface area contributed by atoms with Crippen LogP contribution in [0.3, 0.4) is 0 Å². The van der Waals surface area contributed by atoms with E-state index in [4.69, 9.17) is 0 Å². The predicted molar refractivity (Wildman–Crippen MR) is 198 cm³/mol. The first kappa shape index (κ1) is 36.3. The van der Waals surface area contributed by atoms with E-state index >= 15 is 0 Å². The Morgan fingerprint density at radius 1 is 0.510 bits per heavy atom. The van der Waals surface area contributed by atoms with E-state index in [-0.39, 0.29) is 23.9 Å². The smallest absolute Gasteiger partial charge is 0.286 e. The van der Waals surface area contributed by atoms with Crippen LogP contribution in [-0.2, 0) is 35.8 Å². The van der Waals surface area contributed by atoms with E-state index in [1.165, 1.54) is 64.2 Å². The van der Waals surface area contributed by atoms with Gasteiger partial charge in [0, 0.05) is 60.6 Å². The molecule has 2 N–H and O–H groups in total. The maximum atomic E-state index is 12.7. The molecule has 8 heteroatoms. The molecule has 0 spiro atoms. The minimum absolute atomic E-state index is 0.0856. The Labute approximate surface area is 304 Å². The number of nitrogens with one attached hydrogen (secondary N) is 2. The Hall–Kier alpha value is -4.46. The molecule has 0 radical (unpaired) electrons. The van der Waals surface area contributed by atoms with Gasteiger partial charge in [0.15, 0.2) is 62.7 Å². The number of hydrogen-bond donors (Lipinski definition) is 2. The Bertz CT molecular complexity index is 1550. The summed E-state index contributed by atoms with van der Waals surface area (Å²) in [6.45, 7) is 6.88. The second-order valence-electron chi connectivity index (χ2n) is 15.0. The van der Waals surface area contributed by atoms with Crippen LogP contribution in [0.1, 0.15) is 84.5 Å². The SMILES string of the molecule is C[C@H](NC(=O)C[n+]1ccc(-c2cc[n+](CCC[n+]3ccc(-c4cc[n+](CC(=O)N[C@H](C)C5CCCCC5)cc4)cc3)cc2)cc1)C1CCCCC1. The molecule has 2 amide bonds. The highest BCUT2D eigenvalue weighted by atomic mass is 16.2. The van der Waals surface area contributed by atoms with Crippen LogP contribution in [-0.4, -0.2) is 23.9 Å². The Morgan fingerprint density at radius 3 is 1.12 bits per heavy atom. The molecule has 2 aliphatic carbocycles. The van der Waals surface area contributed by atoms with Gasteiger partial charge in [0.1, 0.15) is 0 Å². The zero-order valence-corrected chi connectivity index (χ0v) is 30.8. The molecule has 0 aliphatic heterocycles. The van der Waals surface area contributed by atoms with Gasteiger partial charge in [0.25, 0.3) is 11.8 Å². The van der Waals surface area contributed by atoms with Gasteiger partial charge in [-0.25, -0.2) is 9.13 Å². The topological polar surface area (TPSA) is 73.7 Å². The normalized spacial score (nSPS) is 16.7. The minimum atomic E-state index is 0.0856. The van der Waals surface area contributed by atoms with Gasteiger partial charge in [-0.05, 0) is 73.6 Å². The molecule has 0 aromatic carbocycles. The van der Waals surface area contributed by atoms with Crippen molar-refractivity contribution in [3.63, 3.8) is 0 Å². The molecule has 51 heavy (non-hydrogen) atoms. The summed E-state index contributed by atoms with van der Waals surface area (Å²) in [5, 5.41) is 6.46. The third kappa shape index (κ3) is 10.8. The van der Waals surface area contributed by atoms with Gasteiger partial charge in [0.2, 0.25) is 13.1 Å². The van der Waals surface area contributed by atoms with Gasteiger partial charge in [0.05, 0.1) is 6.42 Å². The standard InChI is InChI=1S/C43H56N6O2/c1-34(36-10-5-3-6-11-36)44-42(50)32-48-28-18-40(19-29-48)38-14-24-46(25-15-38)22-9-23-47-26-16-39(17-27-47)41-20-30-49(31-21-41)33-43(51)45-35(2)37-12-7-4-8-13-37/h14-21,24-31,34-37H,3-13,22-23,32-33H2,1-2H3/q+2/p+2/t34-,35+. The molecule has 0 bridgehead atoms. The van der Waals surface area contributed by atoms with Crippen LogP contribution in [0, 0.1) is 11.8 Å². The van der Waals surface area contributed by atoms with Crippen molar-refractivity contribution < 1.29 is 27.9 Å². The molecule has 6 rings (SSSR count). The molecular formula is C43H58N6O2+4. The molecule has 2 atom stereocenters. The van der Waals surface area contributed by atoms with Crippen LogP contribution in [0.5, 0.6) is 0 Å². The molecule has 268 valence electrons. The predicted octanol–water partition coefficient (Wildman–Crippen LogP) is 5.43. The molecule has 0 unspecified atom stereocenters. The van der Waals surface area contributed by atoms with Crippen molar-refractivity contribution in [1.82, 2.24) is 10.6 Å². The summed E-state index contributed by atoms with van der Waals surface area (Å²) in [6, 6.07) is 17.5. The summed E-state index contributed by atoms with van der Waals surface area (Å²) in [5.41, 5.74) is 4.61. The minimum Gasteiger partial charge on any atom is -0.348 e. The van der Waals surface area contributed by atoms with Crippen LogP contribution >= 0.6 is 0 Å². The zero-order valence-electron chi connectivity index (χ0n) is 30.8. The Morgan fingerprint density at radius 2 is 0.804 bits per heavy atom. The highest BCUT2D eigenvalue weighted by Gasteiger charge is 2.24. The highest BCUT2D eigenvalue weighted by Crippen LogP contribution is 2.27. The lowest BCUT2D eigenvalue weighted by atomic mass is 9.84. The van der Waals surface area contributed by atoms with Crippen LogP contribution in [0.4, 0.5) is 0 Å². The van der Waals surface area contributed by atoms with E-state index in [9.17, 15) is 9.59 Å². The maximum absolute atomic E-state index is 12.7. The van der Waals surface area contributed by atoms with E-state index in [0.29, 0.717) is 24.9 Å². The van der Waals surface area contributed by atoms with Gasteiger partial charge >= 0.3 is 0 Å². The lowest BCUT2D eigenvalue weighted by Gasteiger charge is -2.27. The van der Waals surface area contributed by atoms with Crippen molar-refractivity contribution in [3.8, 4) is 22.3 Å². The van der Waals surface area contributed by atoms with E-state index in [0.717, 1.165) is 41.8 Å². The Kier molecular flexibility index (Phi) is 12.9. The summed E-state index contributed by atoms with van der Waals surface area (Å²) in [6.07, 6.45) is 30.3. The monoisotopic (exact) mass is 690 g/mol. The van der Waals surface area contributed by atoms with Crippen LogP contribution < -0.4 is 28.9 Å². The average Bonchev–Trinajstić information content (AvgIpc) is 3.16. The second kappa shape index (κ2) is 18.2. The lowest BCUT2D eigenvalue weighted by molar-refractivity contribution is -0.726. The Balaban J connectivity index is 0.912. The highest BCUT2D eigenvalue weighted by molar-refractivity contribution is 5.75. The number of aromatic nitrogens is 4. The summed E-state index contributed by atoms with van der Waals surface area (Å²) in [5.74, 6) is 1.40. The number of rotatable bonds is 14. The largest absolute Gasteiger partial charge is 0.348 e. The summed E-state index contributed by atoms with van der Waals surface area (Å²) < 4.78 is 8.37. The van der Waals surface area contributed by atoms with Crippen molar-refractivity contribution in [2.24, 2.45) is 11.8 Å². The number of amides is 2. The molecule has 0 saturated heterocycles. The average molecular weight is 691 g/mol. The number of pyridine rings is 4. The van der Waals surface area contributed by atoms with E-state index < -0.39 is 0 Å². The molecule has 2 fully saturated rings. The van der Waals surface area contributed by atoms with Gasteiger partial charge < -0.3 is 10.6 Å². The van der Waals surface area contributed by atoms with Crippen LogP contribution in [0.2, 0.25) is 0 Å². The molecule has 4 aromatic heterocycles. The van der Waals surface area contributed by atoms with E-state index in [1.54, 1.807) is 0 Å². The molecule has 2 aliphatic rings.